The van der Waals surface area contributed by atoms with Crippen LogP contribution in [0.25, 0.3) is 0 Å². The van der Waals surface area contributed by atoms with Gasteiger partial charge in [-0.25, -0.2) is 9.97 Å². The molecule has 0 unspecified atom stereocenters. The van der Waals surface area contributed by atoms with Crippen molar-refractivity contribution in [2.24, 2.45) is 0 Å². The van der Waals surface area contributed by atoms with E-state index >= 15 is 0 Å². The van der Waals surface area contributed by atoms with Gasteiger partial charge in [0.15, 0.2) is 5.60 Å². The molecule has 1 amide bonds. The number of nitrogens with zero attached hydrogens (tertiary/aromatic N) is 4. The Bertz CT molecular complexity index is 1150. The van der Waals surface area contributed by atoms with Crippen LogP contribution in [0.3, 0.4) is 0 Å². The summed E-state index contributed by atoms with van der Waals surface area (Å²) < 4.78 is 5.74. The Balaban J connectivity index is 2.03. The molecule has 2 aromatic rings. The number of benzene rings is 1. The highest BCUT2D eigenvalue weighted by Crippen LogP contribution is 2.36. The van der Waals surface area contributed by atoms with E-state index in [4.69, 9.17) is 72.8 Å². The smallest absolute Gasteiger partial charge is 0.317 e. The lowest BCUT2D eigenvalue weighted by atomic mass is 9.36. The van der Waals surface area contributed by atoms with Gasteiger partial charge in [-0.3, -0.25) is 4.79 Å². The van der Waals surface area contributed by atoms with Gasteiger partial charge in [0.25, 0.3) is 5.91 Å². The summed E-state index contributed by atoms with van der Waals surface area (Å²) in [5.41, 5.74) is -2.69. The second-order valence-electron chi connectivity index (χ2n) is 8.80. The quantitative estimate of drug-likeness (QED) is 0.453. The number of carbonyl (C=O) groups excluding carboxylic acids is 1. The van der Waals surface area contributed by atoms with E-state index in [-0.39, 0.29) is 51.1 Å². The van der Waals surface area contributed by atoms with Crippen LogP contribution >= 0.6 is 0 Å². The van der Waals surface area contributed by atoms with Crippen molar-refractivity contribution < 1.29 is 9.53 Å². The van der Waals surface area contributed by atoms with Gasteiger partial charge in [0, 0.05) is 12.0 Å². The first-order valence-corrected chi connectivity index (χ1v) is 10.3. The summed E-state index contributed by atoms with van der Waals surface area (Å²) in [5.74, 6) is -0.480. The maximum Gasteiger partial charge on any atom is 0.317 e. The molecule has 1 atom stereocenters. The number of aromatic nitrogens is 2. The number of nitriles is 1. The molecule has 0 aliphatic carbocycles. The molecule has 3 rings (SSSR count). The zero-order valence-electron chi connectivity index (χ0n) is 19.0. The van der Waals surface area contributed by atoms with Crippen molar-refractivity contribution in [3.63, 3.8) is 0 Å². The van der Waals surface area contributed by atoms with Crippen molar-refractivity contribution >= 4 is 90.5 Å². The average molecular weight is 429 g/mol. The molecule has 2 heterocycles. The molecule has 0 saturated carbocycles. The molecule has 14 heteroatoms. The summed E-state index contributed by atoms with van der Waals surface area (Å²) in [6, 6.07) is 1.82. The number of carbonyl (C=O) groups is 1. The van der Waals surface area contributed by atoms with E-state index in [0.29, 0.717) is 12.8 Å². The second-order valence-corrected chi connectivity index (χ2v) is 8.80. The number of amides is 1. The Morgan fingerprint density at radius 1 is 1.09 bits per heavy atom. The summed E-state index contributed by atoms with van der Waals surface area (Å²) in [4.78, 5) is 22.9. The lowest BCUT2D eigenvalue weighted by Gasteiger charge is -2.44. The predicted molar refractivity (Wildman–Crippen MR) is 137 cm³/mol. The second kappa shape index (κ2) is 8.98. The number of likely N-dealkylation sites (tertiary alicyclic amines) is 1. The molecule has 1 aromatic carbocycles. The Labute approximate surface area is 210 Å². The third-order valence-corrected chi connectivity index (χ3v) is 5.81. The Hall–Kier alpha value is -2.42. The number of hydrogen-bond donors (Lipinski definition) is 0. The maximum absolute atomic E-state index is 13.6. The van der Waals surface area contributed by atoms with E-state index < -0.39 is 22.1 Å². The highest BCUT2D eigenvalue weighted by atomic mass is 16.5. The van der Waals surface area contributed by atoms with Crippen LogP contribution in [0.2, 0.25) is 0 Å². The van der Waals surface area contributed by atoms with Gasteiger partial charge in [-0.1, -0.05) is 16.5 Å². The van der Waals surface area contributed by atoms with Crippen LogP contribution in [-0.4, -0.2) is 95.7 Å². The van der Waals surface area contributed by atoms with E-state index in [1.54, 1.807) is 13.8 Å². The molecule has 0 spiro atoms. The summed E-state index contributed by atoms with van der Waals surface area (Å²) in [7, 11) is 49.1. The lowest BCUT2D eigenvalue weighted by molar-refractivity contribution is -0.148. The standard InChI is InChI=1S/C20H14B8N4O2/c1-18(2,34-17-30-7-9(6-29)8-31-17)16(33)32-5-3-4-19(32,25)10-12(21)14(23)11(20(26,27)28)15(24)13(10)22/h7-8H,3-5H2,1-2H3/t19-/m0/s1. The topological polar surface area (TPSA) is 79.1 Å². The minimum atomic E-state index is -1.90. The Morgan fingerprint density at radius 3 is 2.09 bits per heavy atom. The molecule has 1 fully saturated rings. The van der Waals surface area contributed by atoms with Gasteiger partial charge in [-0.05, 0) is 32.3 Å². The third-order valence-electron chi connectivity index (χ3n) is 5.81. The Morgan fingerprint density at radius 2 is 1.62 bits per heavy atom. The van der Waals surface area contributed by atoms with Crippen molar-refractivity contribution in [2.75, 3.05) is 6.54 Å². The van der Waals surface area contributed by atoms with E-state index in [2.05, 4.69) is 9.97 Å². The molecule has 1 aromatic heterocycles. The fraction of sp³-hybridized carbons (Fsp3) is 0.400. The molecule has 34 heavy (non-hydrogen) atoms. The first kappa shape index (κ1) is 26.2. The van der Waals surface area contributed by atoms with Crippen molar-refractivity contribution in [3.8, 4) is 12.1 Å². The minimum absolute atomic E-state index is 0.0210. The largest absolute Gasteiger partial charge is 0.447 e. The molecular weight excluding hydrogens is 415 g/mol. The van der Waals surface area contributed by atoms with E-state index in [1.807, 2.05) is 6.07 Å². The third kappa shape index (κ3) is 4.46. The molecule has 16 radical (unpaired) electrons. The van der Waals surface area contributed by atoms with Crippen LogP contribution in [0.15, 0.2) is 12.4 Å². The van der Waals surface area contributed by atoms with E-state index in [9.17, 15) is 4.79 Å². The molecular formula is C20H14B8N4O2. The Kier molecular flexibility index (Phi) is 6.92. The first-order chi connectivity index (χ1) is 15.6. The van der Waals surface area contributed by atoms with Gasteiger partial charge in [-0.2, -0.15) is 5.26 Å². The minimum Gasteiger partial charge on any atom is -0.447 e. The first-order valence-electron chi connectivity index (χ1n) is 10.3. The number of hydrogen-bond acceptors (Lipinski definition) is 5. The zero-order valence-corrected chi connectivity index (χ0v) is 19.0. The van der Waals surface area contributed by atoms with Gasteiger partial charge in [0.1, 0.15) is 45.3 Å². The number of rotatable bonds is 5. The molecule has 1 aliphatic heterocycles. The molecule has 1 saturated heterocycles. The van der Waals surface area contributed by atoms with Crippen LogP contribution in [0.5, 0.6) is 6.01 Å². The summed E-state index contributed by atoms with van der Waals surface area (Å²) in [5, 5.41) is 7.00. The van der Waals surface area contributed by atoms with Gasteiger partial charge in [0.2, 0.25) is 0 Å². The zero-order chi connectivity index (χ0) is 25.6. The predicted octanol–water partition coefficient (Wildman–Crippen LogP) is -4.06. The molecule has 6 nitrogen and oxygen atoms in total. The average Bonchev–Trinajstić information content (AvgIpc) is 3.13. The van der Waals surface area contributed by atoms with Crippen molar-refractivity contribution in [1.82, 2.24) is 14.9 Å². The van der Waals surface area contributed by atoms with Gasteiger partial charge in [-0.15, -0.1) is 16.0 Å². The van der Waals surface area contributed by atoms with Gasteiger partial charge < -0.3 is 9.64 Å². The highest BCUT2D eigenvalue weighted by Gasteiger charge is 2.47. The summed E-state index contributed by atoms with van der Waals surface area (Å²) in [6.07, 6.45) is 3.42. The lowest BCUT2D eigenvalue weighted by Crippen LogP contribution is -2.61. The van der Waals surface area contributed by atoms with Crippen LogP contribution in [-0.2, 0) is 15.3 Å². The molecule has 0 N–H and O–H groups in total. The van der Waals surface area contributed by atoms with Gasteiger partial charge in [0.05, 0.1) is 41.5 Å². The van der Waals surface area contributed by atoms with Gasteiger partial charge >= 0.3 is 6.01 Å². The summed E-state index contributed by atoms with van der Waals surface area (Å²) in [6.45, 7) is 3.37. The monoisotopic (exact) mass is 430 g/mol. The van der Waals surface area contributed by atoms with Crippen molar-refractivity contribution in [1.29, 1.82) is 5.26 Å². The van der Waals surface area contributed by atoms with Crippen LogP contribution < -0.4 is 26.6 Å². The normalized spacial score (nSPS) is 18.4. The SMILES string of the molecule is [B]c1c([B])c([C@]2([B])CCCN2C(=O)C(C)(C)Oc2ncc(C#N)cn2)c([B])c([B])c1C([B])([B])[B]. The van der Waals surface area contributed by atoms with E-state index in [0.717, 1.165) is 0 Å². The molecule has 150 valence electrons. The number of ether oxygens (including phenoxy) is 1. The maximum atomic E-state index is 13.6. The van der Waals surface area contributed by atoms with E-state index in [1.165, 1.54) is 17.3 Å². The van der Waals surface area contributed by atoms with Crippen molar-refractivity contribution in [3.05, 3.63) is 29.1 Å². The van der Waals surface area contributed by atoms with Crippen LogP contribution in [0.1, 0.15) is 43.4 Å². The molecule has 0 bridgehead atoms. The summed E-state index contributed by atoms with van der Waals surface area (Å²) >= 11 is 0. The van der Waals surface area contributed by atoms with Crippen molar-refractivity contribution in [2.45, 2.75) is 42.8 Å². The highest BCUT2D eigenvalue weighted by molar-refractivity contribution is 6.65. The fourth-order valence-electron chi connectivity index (χ4n) is 4.17. The van der Waals surface area contributed by atoms with Crippen LogP contribution in [0, 0.1) is 11.3 Å². The molecule has 1 aliphatic rings. The fourth-order valence-corrected chi connectivity index (χ4v) is 4.17. The van der Waals surface area contributed by atoms with Crippen LogP contribution in [0.4, 0.5) is 0 Å².